The van der Waals surface area contributed by atoms with Crippen molar-refractivity contribution < 1.29 is 19.4 Å². The van der Waals surface area contributed by atoms with E-state index < -0.39 is 0 Å². The average Bonchev–Trinajstić information content (AvgIpc) is 3.18. The van der Waals surface area contributed by atoms with Crippen molar-refractivity contribution in [2.45, 2.75) is 26.5 Å². The number of rotatable bonds is 6. The number of nitrogens with zero attached hydrogens (tertiary/aromatic N) is 3. The highest BCUT2D eigenvalue weighted by molar-refractivity contribution is 5.77. The highest BCUT2D eigenvalue weighted by Gasteiger charge is 2.20. The van der Waals surface area contributed by atoms with Gasteiger partial charge in [-0.25, -0.2) is 4.68 Å². The number of carbonyl (C=O) groups is 1. The molecule has 8 nitrogen and oxygen atoms in total. The quantitative estimate of drug-likeness (QED) is 0.813. The summed E-state index contributed by atoms with van der Waals surface area (Å²) in [7, 11) is 0. The molecule has 1 aromatic heterocycles. The number of aliphatic hydroxyl groups excluding tert-OH is 1. The molecule has 1 aromatic carbocycles. The summed E-state index contributed by atoms with van der Waals surface area (Å²) in [5, 5.41) is 20.2. The molecular formula is C15H18N4O4. The molecule has 0 atom stereocenters. The van der Waals surface area contributed by atoms with Gasteiger partial charge in [-0.1, -0.05) is 12.1 Å². The molecule has 0 saturated heterocycles. The third-order valence-corrected chi connectivity index (χ3v) is 3.47. The largest absolute Gasteiger partial charge is 0.454 e. The first-order valence-electron chi connectivity index (χ1n) is 7.43. The van der Waals surface area contributed by atoms with Crippen molar-refractivity contribution in [2.75, 3.05) is 13.3 Å². The molecule has 0 saturated carbocycles. The van der Waals surface area contributed by atoms with Gasteiger partial charge < -0.3 is 19.9 Å². The van der Waals surface area contributed by atoms with Gasteiger partial charge in [-0.2, -0.15) is 0 Å². The van der Waals surface area contributed by atoms with E-state index in [1.807, 2.05) is 13.0 Å². The number of nitrogens with one attached hydrogen (secondary N) is 1. The Morgan fingerprint density at radius 2 is 2.22 bits per heavy atom. The zero-order valence-corrected chi connectivity index (χ0v) is 12.8. The summed E-state index contributed by atoms with van der Waals surface area (Å²) in [5.74, 6) is 1.14. The van der Waals surface area contributed by atoms with Crippen molar-refractivity contribution in [3.63, 3.8) is 0 Å². The number of benzene rings is 1. The second-order valence-corrected chi connectivity index (χ2v) is 5.12. The maximum absolute atomic E-state index is 11.9. The number of fused-ring (bicyclic) bond motifs is 1. The minimum absolute atomic E-state index is 0.0385. The van der Waals surface area contributed by atoms with E-state index in [1.165, 1.54) is 4.68 Å². The first-order valence-corrected chi connectivity index (χ1v) is 7.43. The maximum atomic E-state index is 11.9. The van der Waals surface area contributed by atoms with Gasteiger partial charge in [0.2, 0.25) is 12.7 Å². The van der Waals surface area contributed by atoms with Crippen molar-refractivity contribution in [3.05, 3.63) is 23.9 Å². The fourth-order valence-electron chi connectivity index (χ4n) is 2.38. The smallest absolute Gasteiger partial charge is 0.241 e. The molecule has 1 aliphatic heterocycles. The predicted molar refractivity (Wildman–Crippen MR) is 80.8 cm³/mol. The van der Waals surface area contributed by atoms with E-state index in [1.54, 1.807) is 12.1 Å². The van der Waals surface area contributed by atoms with Gasteiger partial charge in [-0.05, 0) is 24.6 Å². The topological polar surface area (TPSA) is 98.5 Å². The molecule has 1 amide bonds. The summed E-state index contributed by atoms with van der Waals surface area (Å²) < 4.78 is 12.1. The third-order valence-electron chi connectivity index (χ3n) is 3.47. The van der Waals surface area contributed by atoms with Crippen LogP contribution in [-0.2, 0) is 17.9 Å². The second-order valence-electron chi connectivity index (χ2n) is 5.12. The van der Waals surface area contributed by atoms with E-state index in [0.29, 0.717) is 29.4 Å². The number of amides is 1. The van der Waals surface area contributed by atoms with Gasteiger partial charge in [-0.15, -0.1) is 5.10 Å². The van der Waals surface area contributed by atoms with Crippen LogP contribution in [0, 0.1) is 0 Å². The van der Waals surface area contributed by atoms with Crippen LogP contribution in [-0.4, -0.2) is 39.3 Å². The van der Waals surface area contributed by atoms with Gasteiger partial charge in [0.25, 0.3) is 0 Å². The molecule has 2 N–H and O–H groups in total. The lowest BCUT2D eigenvalue weighted by Crippen LogP contribution is -2.28. The highest BCUT2D eigenvalue weighted by Crippen LogP contribution is 2.36. The summed E-state index contributed by atoms with van der Waals surface area (Å²) >= 11 is 0. The van der Waals surface area contributed by atoms with Crippen molar-refractivity contribution in [3.8, 4) is 22.8 Å². The lowest BCUT2D eigenvalue weighted by Gasteiger charge is -2.09. The van der Waals surface area contributed by atoms with Crippen molar-refractivity contribution in [1.82, 2.24) is 20.3 Å². The lowest BCUT2D eigenvalue weighted by molar-refractivity contribution is -0.121. The Morgan fingerprint density at radius 1 is 1.39 bits per heavy atom. The molecule has 2 aromatic rings. The minimum Gasteiger partial charge on any atom is -0.454 e. The Bertz CT molecular complexity index is 713. The predicted octanol–water partition coefficient (Wildman–Crippen LogP) is 0.692. The van der Waals surface area contributed by atoms with E-state index in [0.717, 1.165) is 12.0 Å². The van der Waals surface area contributed by atoms with Gasteiger partial charge in [0.15, 0.2) is 11.5 Å². The van der Waals surface area contributed by atoms with Gasteiger partial charge in [0.05, 0.1) is 12.3 Å². The summed E-state index contributed by atoms with van der Waals surface area (Å²) in [6.07, 6.45) is 0.861. The Kier molecular flexibility index (Phi) is 4.42. The van der Waals surface area contributed by atoms with Gasteiger partial charge in [0, 0.05) is 12.1 Å². The van der Waals surface area contributed by atoms with Crippen LogP contribution in [0.2, 0.25) is 0 Å². The Hall–Kier alpha value is -2.61. The van der Waals surface area contributed by atoms with E-state index in [9.17, 15) is 9.90 Å². The summed E-state index contributed by atoms with van der Waals surface area (Å²) in [6.45, 7) is 2.55. The van der Waals surface area contributed by atoms with E-state index in [4.69, 9.17) is 9.47 Å². The molecule has 0 unspecified atom stereocenters. The number of aliphatic hydroxyl groups is 1. The van der Waals surface area contributed by atoms with E-state index >= 15 is 0 Å². The van der Waals surface area contributed by atoms with E-state index in [-0.39, 0.29) is 25.9 Å². The van der Waals surface area contributed by atoms with Crippen LogP contribution >= 0.6 is 0 Å². The summed E-state index contributed by atoms with van der Waals surface area (Å²) in [6, 6.07) is 5.40. The van der Waals surface area contributed by atoms with Gasteiger partial charge in [0.1, 0.15) is 12.2 Å². The molecule has 3 rings (SSSR count). The number of hydrogen-bond donors (Lipinski definition) is 2. The molecule has 2 heterocycles. The molecule has 0 aliphatic carbocycles. The first-order chi connectivity index (χ1) is 11.2. The normalized spacial score (nSPS) is 12.4. The Balaban J connectivity index is 1.91. The fourth-order valence-corrected chi connectivity index (χ4v) is 2.38. The number of ether oxygens (including phenoxy) is 2. The summed E-state index contributed by atoms with van der Waals surface area (Å²) in [5.41, 5.74) is 1.76. The zero-order chi connectivity index (χ0) is 16.2. The minimum atomic E-state index is -0.264. The van der Waals surface area contributed by atoms with Crippen LogP contribution in [0.5, 0.6) is 11.5 Å². The van der Waals surface area contributed by atoms with Crippen LogP contribution in [0.1, 0.15) is 19.0 Å². The SMILES string of the molecule is CCCNC(=O)Cn1nnc(CO)c1-c1ccc2c(c1)OCO2. The van der Waals surface area contributed by atoms with Crippen LogP contribution in [0.15, 0.2) is 18.2 Å². The van der Waals surface area contributed by atoms with Gasteiger partial charge in [-0.3, -0.25) is 4.79 Å². The average molecular weight is 318 g/mol. The molecule has 0 bridgehead atoms. The molecule has 0 radical (unpaired) electrons. The first kappa shape index (κ1) is 15.3. The zero-order valence-electron chi connectivity index (χ0n) is 12.8. The van der Waals surface area contributed by atoms with Crippen LogP contribution in [0.4, 0.5) is 0 Å². The van der Waals surface area contributed by atoms with Crippen LogP contribution in [0.3, 0.4) is 0 Å². The molecule has 0 spiro atoms. The van der Waals surface area contributed by atoms with Gasteiger partial charge >= 0.3 is 0 Å². The second kappa shape index (κ2) is 6.66. The number of carbonyl (C=O) groups excluding carboxylic acids is 1. The third kappa shape index (κ3) is 3.11. The molecule has 23 heavy (non-hydrogen) atoms. The molecule has 122 valence electrons. The highest BCUT2D eigenvalue weighted by atomic mass is 16.7. The molecular weight excluding hydrogens is 300 g/mol. The van der Waals surface area contributed by atoms with Crippen molar-refractivity contribution >= 4 is 5.91 Å². The molecule has 0 fully saturated rings. The Labute approximate surface area is 133 Å². The Morgan fingerprint density at radius 3 is 3.00 bits per heavy atom. The molecule has 1 aliphatic rings. The van der Waals surface area contributed by atoms with Crippen LogP contribution in [0.25, 0.3) is 11.3 Å². The van der Waals surface area contributed by atoms with Crippen LogP contribution < -0.4 is 14.8 Å². The monoisotopic (exact) mass is 318 g/mol. The van der Waals surface area contributed by atoms with Crippen molar-refractivity contribution in [2.24, 2.45) is 0 Å². The van der Waals surface area contributed by atoms with Crippen molar-refractivity contribution in [1.29, 1.82) is 0 Å². The number of hydrogen-bond acceptors (Lipinski definition) is 6. The lowest BCUT2D eigenvalue weighted by atomic mass is 10.1. The summed E-state index contributed by atoms with van der Waals surface area (Å²) in [4.78, 5) is 11.9. The number of aromatic nitrogens is 3. The molecule has 8 heteroatoms. The maximum Gasteiger partial charge on any atom is 0.241 e. The standard InChI is InChI=1S/C15H18N4O4/c1-2-5-16-14(21)7-19-15(11(8-20)17-18-19)10-3-4-12-13(6-10)23-9-22-12/h3-4,6,20H,2,5,7-9H2,1H3,(H,16,21). The van der Waals surface area contributed by atoms with E-state index in [2.05, 4.69) is 15.6 Å². The fraction of sp³-hybridized carbons (Fsp3) is 0.400.